The van der Waals surface area contributed by atoms with Gasteiger partial charge in [-0.1, -0.05) is 31.5 Å². The number of rotatable bonds is 6. The third-order valence-corrected chi connectivity index (χ3v) is 3.47. The van der Waals surface area contributed by atoms with Crippen LogP contribution in [0, 0.1) is 0 Å². The summed E-state index contributed by atoms with van der Waals surface area (Å²) in [5.74, 6) is 0. The van der Waals surface area contributed by atoms with Gasteiger partial charge in [-0.3, -0.25) is 0 Å². The van der Waals surface area contributed by atoms with Crippen molar-refractivity contribution in [3.8, 4) is 0 Å². The molecule has 1 aromatic carbocycles. The van der Waals surface area contributed by atoms with Gasteiger partial charge in [0, 0.05) is 25.3 Å². The van der Waals surface area contributed by atoms with Crippen molar-refractivity contribution in [2.75, 3.05) is 31.1 Å². The molecule has 0 atom stereocenters. The van der Waals surface area contributed by atoms with Gasteiger partial charge < -0.3 is 10.2 Å². The molecule has 0 unspecified atom stereocenters. The summed E-state index contributed by atoms with van der Waals surface area (Å²) in [6, 6.07) is 8.84. The standard InChI is InChI=1S/C15H24N2/c1-2-3-10-16-11-13-17-12-6-8-14-7-4-5-9-15(14)17/h4-5,7,9,16H,2-3,6,8,10-13H2,1H3. The van der Waals surface area contributed by atoms with Crippen LogP contribution in [0.1, 0.15) is 31.7 Å². The number of nitrogens with zero attached hydrogens (tertiary/aromatic N) is 1. The molecule has 2 heteroatoms. The Kier molecular flexibility index (Phi) is 4.87. The molecule has 0 aromatic heterocycles. The van der Waals surface area contributed by atoms with Crippen molar-refractivity contribution >= 4 is 5.69 Å². The topological polar surface area (TPSA) is 15.3 Å². The maximum absolute atomic E-state index is 3.52. The summed E-state index contributed by atoms with van der Waals surface area (Å²) < 4.78 is 0. The third-order valence-electron chi connectivity index (χ3n) is 3.47. The van der Waals surface area contributed by atoms with Crippen LogP contribution in [0.25, 0.3) is 0 Å². The summed E-state index contributed by atoms with van der Waals surface area (Å²) in [7, 11) is 0. The summed E-state index contributed by atoms with van der Waals surface area (Å²) >= 11 is 0. The fourth-order valence-electron chi connectivity index (χ4n) is 2.48. The number of fused-ring (bicyclic) bond motifs is 1. The van der Waals surface area contributed by atoms with Crippen molar-refractivity contribution in [1.82, 2.24) is 5.32 Å². The van der Waals surface area contributed by atoms with Crippen molar-refractivity contribution in [2.45, 2.75) is 32.6 Å². The number of para-hydroxylation sites is 1. The molecule has 0 amide bonds. The molecule has 17 heavy (non-hydrogen) atoms. The van der Waals surface area contributed by atoms with Crippen molar-refractivity contribution in [3.05, 3.63) is 29.8 Å². The summed E-state index contributed by atoms with van der Waals surface area (Å²) in [5, 5.41) is 3.52. The Bertz CT molecular complexity index is 335. The molecule has 0 saturated carbocycles. The molecule has 2 rings (SSSR count). The van der Waals surface area contributed by atoms with Crippen LogP contribution in [-0.2, 0) is 6.42 Å². The van der Waals surface area contributed by atoms with E-state index in [9.17, 15) is 0 Å². The zero-order valence-corrected chi connectivity index (χ0v) is 10.9. The molecule has 0 spiro atoms. The molecular formula is C15H24N2. The van der Waals surface area contributed by atoms with Gasteiger partial charge in [0.05, 0.1) is 0 Å². The van der Waals surface area contributed by atoms with Gasteiger partial charge in [-0.25, -0.2) is 0 Å². The van der Waals surface area contributed by atoms with E-state index >= 15 is 0 Å². The van der Waals surface area contributed by atoms with Crippen LogP contribution < -0.4 is 10.2 Å². The van der Waals surface area contributed by atoms with Gasteiger partial charge in [0.1, 0.15) is 0 Å². The van der Waals surface area contributed by atoms with Gasteiger partial charge in [-0.2, -0.15) is 0 Å². The average Bonchev–Trinajstić information content (AvgIpc) is 2.39. The minimum Gasteiger partial charge on any atom is -0.370 e. The zero-order valence-electron chi connectivity index (χ0n) is 10.9. The Morgan fingerprint density at radius 2 is 2.12 bits per heavy atom. The minimum atomic E-state index is 1.11. The van der Waals surface area contributed by atoms with Gasteiger partial charge in [-0.05, 0) is 37.4 Å². The fraction of sp³-hybridized carbons (Fsp3) is 0.600. The number of anilines is 1. The largest absolute Gasteiger partial charge is 0.370 e. The summed E-state index contributed by atoms with van der Waals surface area (Å²) in [6.07, 6.45) is 5.11. The molecule has 94 valence electrons. The molecule has 0 saturated heterocycles. The van der Waals surface area contributed by atoms with E-state index in [0.29, 0.717) is 0 Å². The van der Waals surface area contributed by atoms with Gasteiger partial charge >= 0.3 is 0 Å². The Morgan fingerprint density at radius 3 is 3.00 bits per heavy atom. The lowest BCUT2D eigenvalue weighted by atomic mass is 10.0. The molecule has 0 aliphatic carbocycles. The van der Waals surface area contributed by atoms with Crippen molar-refractivity contribution in [3.63, 3.8) is 0 Å². The van der Waals surface area contributed by atoms with Crippen LogP contribution in [-0.4, -0.2) is 26.2 Å². The first-order valence-electron chi connectivity index (χ1n) is 6.95. The predicted octanol–water partition coefficient (Wildman–Crippen LogP) is 2.83. The molecular weight excluding hydrogens is 208 g/mol. The molecule has 1 aromatic rings. The first-order chi connectivity index (χ1) is 8.42. The number of benzene rings is 1. The SMILES string of the molecule is CCCCNCCN1CCCc2ccccc21. The van der Waals surface area contributed by atoms with E-state index in [4.69, 9.17) is 0 Å². The van der Waals surface area contributed by atoms with Crippen LogP contribution in [0.4, 0.5) is 5.69 Å². The Hall–Kier alpha value is -1.02. The van der Waals surface area contributed by atoms with Gasteiger partial charge in [0.15, 0.2) is 0 Å². The lowest BCUT2D eigenvalue weighted by Gasteiger charge is -2.31. The quantitative estimate of drug-likeness (QED) is 0.759. The highest BCUT2D eigenvalue weighted by molar-refractivity contribution is 5.55. The second-order valence-electron chi connectivity index (χ2n) is 4.82. The predicted molar refractivity (Wildman–Crippen MR) is 74.8 cm³/mol. The molecule has 1 heterocycles. The monoisotopic (exact) mass is 232 g/mol. The van der Waals surface area contributed by atoms with Crippen LogP contribution in [0.5, 0.6) is 0 Å². The lowest BCUT2D eigenvalue weighted by Crippen LogP contribution is -2.35. The second kappa shape index (κ2) is 6.65. The minimum absolute atomic E-state index is 1.11. The fourth-order valence-corrected chi connectivity index (χ4v) is 2.48. The van der Waals surface area contributed by atoms with Crippen LogP contribution in [0.2, 0.25) is 0 Å². The molecule has 1 aliphatic rings. The summed E-state index contributed by atoms with van der Waals surface area (Å²) in [5.41, 5.74) is 2.98. The lowest BCUT2D eigenvalue weighted by molar-refractivity contribution is 0.610. The van der Waals surface area contributed by atoms with E-state index in [1.807, 2.05) is 0 Å². The van der Waals surface area contributed by atoms with E-state index in [0.717, 1.165) is 19.6 Å². The molecule has 2 nitrogen and oxygen atoms in total. The molecule has 1 N–H and O–H groups in total. The van der Waals surface area contributed by atoms with Gasteiger partial charge in [0.25, 0.3) is 0 Å². The number of hydrogen-bond acceptors (Lipinski definition) is 2. The highest BCUT2D eigenvalue weighted by Crippen LogP contribution is 2.25. The number of unbranched alkanes of at least 4 members (excludes halogenated alkanes) is 1. The van der Waals surface area contributed by atoms with Crippen molar-refractivity contribution < 1.29 is 0 Å². The first-order valence-corrected chi connectivity index (χ1v) is 6.95. The molecule has 0 bridgehead atoms. The number of aryl methyl sites for hydroxylation is 1. The Labute approximate surface area is 105 Å². The second-order valence-corrected chi connectivity index (χ2v) is 4.82. The first kappa shape index (κ1) is 12.4. The maximum Gasteiger partial charge on any atom is 0.0399 e. The Balaban J connectivity index is 1.82. The smallest absolute Gasteiger partial charge is 0.0399 e. The normalized spacial score (nSPS) is 14.8. The number of hydrogen-bond donors (Lipinski definition) is 1. The zero-order chi connectivity index (χ0) is 11.9. The highest BCUT2D eigenvalue weighted by Gasteiger charge is 2.14. The van der Waals surface area contributed by atoms with Crippen molar-refractivity contribution in [2.24, 2.45) is 0 Å². The van der Waals surface area contributed by atoms with Gasteiger partial charge in [-0.15, -0.1) is 0 Å². The van der Waals surface area contributed by atoms with E-state index in [1.165, 1.54) is 43.5 Å². The van der Waals surface area contributed by atoms with Crippen LogP contribution in [0.3, 0.4) is 0 Å². The molecule has 1 aliphatic heterocycles. The molecule has 0 radical (unpaired) electrons. The maximum atomic E-state index is 3.52. The van der Waals surface area contributed by atoms with E-state index in [1.54, 1.807) is 0 Å². The van der Waals surface area contributed by atoms with E-state index < -0.39 is 0 Å². The summed E-state index contributed by atoms with van der Waals surface area (Å²) in [4.78, 5) is 2.53. The molecule has 0 fully saturated rings. The Morgan fingerprint density at radius 1 is 1.24 bits per heavy atom. The summed E-state index contributed by atoms with van der Waals surface area (Å²) in [6.45, 7) is 6.86. The van der Waals surface area contributed by atoms with E-state index in [2.05, 4.69) is 41.4 Å². The van der Waals surface area contributed by atoms with Crippen LogP contribution in [0.15, 0.2) is 24.3 Å². The number of nitrogens with one attached hydrogen (secondary N) is 1. The van der Waals surface area contributed by atoms with Gasteiger partial charge in [0.2, 0.25) is 0 Å². The third kappa shape index (κ3) is 3.47. The van der Waals surface area contributed by atoms with E-state index in [-0.39, 0.29) is 0 Å². The average molecular weight is 232 g/mol. The van der Waals surface area contributed by atoms with Crippen molar-refractivity contribution in [1.29, 1.82) is 0 Å². The highest BCUT2D eigenvalue weighted by atomic mass is 15.1. The van der Waals surface area contributed by atoms with Crippen LogP contribution >= 0.6 is 0 Å².